The highest BCUT2D eigenvalue weighted by Crippen LogP contribution is 2.52. The maximum atomic E-state index is 13.7. The summed E-state index contributed by atoms with van der Waals surface area (Å²) in [6, 6.07) is 8.07. The van der Waals surface area contributed by atoms with Crippen molar-refractivity contribution in [3.05, 3.63) is 42.0 Å². The van der Waals surface area contributed by atoms with Crippen LogP contribution in [0.5, 0.6) is 5.75 Å². The third-order valence-electron chi connectivity index (χ3n) is 7.50. The van der Waals surface area contributed by atoms with E-state index in [1.807, 2.05) is 49.1 Å². The molecule has 160 valence electrons. The number of nitrogens with one attached hydrogen (secondary N) is 1. The Hall–Kier alpha value is -2.34. The number of hydrogen-bond donors (Lipinski definition) is 1. The number of carbonyl (C=O) groups excluding carboxylic acids is 2. The highest BCUT2D eigenvalue weighted by molar-refractivity contribution is 5.93. The molecule has 1 spiro atoms. The summed E-state index contributed by atoms with van der Waals surface area (Å²) in [5.41, 5.74) is 0.0138. The average Bonchev–Trinajstić information content (AvgIpc) is 3.49. The van der Waals surface area contributed by atoms with E-state index < -0.39 is 23.0 Å². The predicted molar refractivity (Wildman–Crippen MR) is 112 cm³/mol. The first-order valence-electron chi connectivity index (χ1n) is 11.0. The van der Waals surface area contributed by atoms with Gasteiger partial charge >= 0.3 is 0 Å². The number of benzene rings is 1. The molecule has 2 amide bonds. The minimum atomic E-state index is -0.646. The van der Waals surface area contributed by atoms with Crippen molar-refractivity contribution in [2.75, 3.05) is 13.7 Å². The fourth-order valence-electron chi connectivity index (χ4n) is 5.97. The van der Waals surface area contributed by atoms with Crippen LogP contribution in [0.2, 0.25) is 0 Å². The van der Waals surface area contributed by atoms with Crippen molar-refractivity contribution in [3.8, 4) is 5.75 Å². The van der Waals surface area contributed by atoms with E-state index in [1.165, 1.54) is 0 Å². The molecule has 1 aromatic rings. The van der Waals surface area contributed by atoms with Crippen LogP contribution in [0.3, 0.4) is 0 Å². The predicted octanol–water partition coefficient (Wildman–Crippen LogP) is 2.77. The first-order chi connectivity index (χ1) is 14.4. The van der Waals surface area contributed by atoms with Crippen LogP contribution in [0.1, 0.15) is 45.1 Å². The van der Waals surface area contributed by atoms with Crippen LogP contribution in [-0.2, 0) is 19.9 Å². The van der Waals surface area contributed by atoms with Gasteiger partial charge in [0.15, 0.2) is 0 Å². The molecule has 6 nitrogen and oxygen atoms in total. The van der Waals surface area contributed by atoms with Gasteiger partial charge in [-0.3, -0.25) is 9.59 Å². The van der Waals surface area contributed by atoms with Gasteiger partial charge in [-0.2, -0.15) is 0 Å². The summed E-state index contributed by atoms with van der Waals surface area (Å²) in [7, 11) is 1.66. The molecule has 0 unspecified atom stereocenters. The molecule has 4 atom stereocenters. The molecule has 6 heteroatoms. The van der Waals surface area contributed by atoms with Gasteiger partial charge in [-0.15, -0.1) is 0 Å². The van der Waals surface area contributed by atoms with E-state index in [0.29, 0.717) is 6.54 Å². The van der Waals surface area contributed by atoms with Crippen molar-refractivity contribution in [2.45, 2.75) is 62.8 Å². The van der Waals surface area contributed by atoms with E-state index in [0.717, 1.165) is 37.0 Å². The molecule has 2 saturated heterocycles. The summed E-state index contributed by atoms with van der Waals surface area (Å²) in [4.78, 5) is 28.7. The SMILES string of the molecule is COc1cccc(C2(NC(=O)[C@H]3[C@@H]4C=C[C@]5(CN(C(C)C)C(=O)[C@@H]35)O4)CCCC2)c1. The molecule has 1 N–H and O–H groups in total. The molecular weight excluding hydrogens is 380 g/mol. The van der Waals surface area contributed by atoms with E-state index in [1.54, 1.807) is 7.11 Å². The molecule has 1 aromatic carbocycles. The van der Waals surface area contributed by atoms with Gasteiger partial charge in [0, 0.05) is 6.04 Å². The van der Waals surface area contributed by atoms with Crippen molar-refractivity contribution < 1.29 is 19.1 Å². The number of methoxy groups -OCH3 is 1. The molecule has 3 aliphatic heterocycles. The van der Waals surface area contributed by atoms with Crippen molar-refractivity contribution in [1.29, 1.82) is 0 Å². The molecule has 2 bridgehead atoms. The summed E-state index contributed by atoms with van der Waals surface area (Å²) in [5, 5.41) is 3.38. The lowest BCUT2D eigenvalue weighted by Crippen LogP contribution is -2.51. The normalized spacial score (nSPS) is 33.4. The molecule has 4 aliphatic rings. The number of hydrogen-bond acceptors (Lipinski definition) is 4. The van der Waals surface area contributed by atoms with E-state index in [4.69, 9.17) is 9.47 Å². The lowest BCUT2D eigenvalue weighted by Gasteiger charge is -2.34. The lowest BCUT2D eigenvalue weighted by molar-refractivity contribution is -0.139. The highest BCUT2D eigenvalue weighted by atomic mass is 16.5. The number of rotatable bonds is 5. The number of fused-ring (bicyclic) bond motifs is 1. The zero-order valence-corrected chi connectivity index (χ0v) is 17.9. The van der Waals surface area contributed by atoms with Crippen molar-refractivity contribution in [2.24, 2.45) is 11.8 Å². The maximum Gasteiger partial charge on any atom is 0.230 e. The third kappa shape index (κ3) is 2.73. The van der Waals surface area contributed by atoms with Crippen LogP contribution in [0.25, 0.3) is 0 Å². The summed E-state index contributed by atoms with van der Waals surface area (Å²) >= 11 is 0. The van der Waals surface area contributed by atoms with Crippen LogP contribution in [0.4, 0.5) is 0 Å². The highest BCUT2D eigenvalue weighted by Gasteiger charge is 2.67. The molecule has 30 heavy (non-hydrogen) atoms. The largest absolute Gasteiger partial charge is 0.497 e. The van der Waals surface area contributed by atoms with Crippen LogP contribution < -0.4 is 10.1 Å². The molecule has 1 aliphatic carbocycles. The third-order valence-corrected chi connectivity index (χ3v) is 7.50. The second-order valence-electron chi connectivity index (χ2n) is 9.47. The van der Waals surface area contributed by atoms with Gasteiger partial charge in [0.1, 0.15) is 11.4 Å². The second-order valence-corrected chi connectivity index (χ2v) is 9.47. The second kappa shape index (κ2) is 6.84. The van der Waals surface area contributed by atoms with Crippen LogP contribution in [0.15, 0.2) is 36.4 Å². The zero-order valence-electron chi connectivity index (χ0n) is 17.9. The number of likely N-dealkylation sites (tertiary alicyclic amines) is 1. The van der Waals surface area contributed by atoms with Gasteiger partial charge < -0.3 is 19.7 Å². The fraction of sp³-hybridized carbons (Fsp3) is 0.583. The lowest BCUT2D eigenvalue weighted by atomic mass is 9.76. The van der Waals surface area contributed by atoms with Gasteiger partial charge in [-0.25, -0.2) is 0 Å². The van der Waals surface area contributed by atoms with E-state index in [9.17, 15) is 9.59 Å². The Kier molecular flexibility index (Phi) is 4.47. The Morgan fingerprint density at radius 1 is 1.30 bits per heavy atom. The molecular formula is C24H30N2O4. The molecule has 3 heterocycles. The first-order valence-corrected chi connectivity index (χ1v) is 11.0. The van der Waals surface area contributed by atoms with Gasteiger partial charge in [0.25, 0.3) is 0 Å². The Labute approximate surface area is 177 Å². The van der Waals surface area contributed by atoms with Crippen LogP contribution >= 0.6 is 0 Å². The number of amides is 2. The molecule has 5 rings (SSSR count). The van der Waals surface area contributed by atoms with Crippen molar-refractivity contribution in [1.82, 2.24) is 10.2 Å². The number of ether oxygens (including phenoxy) is 2. The Morgan fingerprint density at radius 3 is 2.77 bits per heavy atom. The smallest absolute Gasteiger partial charge is 0.230 e. The van der Waals surface area contributed by atoms with Gasteiger partial charge in [0.2, 0.25) is 11.8 Å². The number of carbonyl (C=O) groups is 2. The average molecular weight is 411 g/mol. The van der Waals surface area contributed by atoms with Crippen LogP contribution in [0, 0.1) is 11.8 Å². The van der Waals surface area contributed by atoms with Gasteiger partial charge in [-0.05, 0) is 44.4 Å². The molecule has 1 saturated carbocycles. The van der Waals surface area contributed by atoms with E-state index >= 15 is 0 Å². The quantitative estimate of drug-likeness (QED) is 0.758. The Balaban J connectivity index is 1.44. The maximum absolute atomic E-state index is 13.7. The minimum Gasteiger partial charge on any atom is -0.497 e. The summed E-state index contributed by atoms with van der Waals surface area (Å²) in [6.07, 6.45) is 7.58. The monoisotopic (exact) mass is 410 g/mol. The minimum absolute atomic E-state index is 0.0406. The Bertz CT molecular complexity index is 904. The zero-order chi connectivity index (χ0) is 21.1. The Morgan fingerprint density at radius 2 is 2.07 bits per heavy atom. The van der Waals surface area contributed by atoms with E-state index in [2.05, 4.69) is 11.4 Å². The topological polar surface area (TPSA) is 67.9 Å². The van der Waals surface area contributed by atoms with E-state index in [-0.39, 0.29) is 24.0 Å². The first kappa shape index (κ1) is 19.6. The molecule has 0 radical (unpaired) electrons. The van der Waals surface area contributed by atoms with Crippen molar-refractivity contribution in [3.63, 3.8) is 0 Å². The molecule has 3 fully saturated rings. The summed E-state index contributed by atoms with van der Waals surface area (Å²) < 4.78 is 11.7. The fourth-order valence-corrected chi connectivity index (χ4v) is 5.97. The standard InChI is InChI=1S/C24H30N2O4/c1-15(2)26-14-24-12-9-18(30-24)19(20(24)22(26)28)21(27)25-23(10-4-5-11-23)16-7-6-8-17(13-16)29-3/h6-9,12-13,15,18-20H,4-5,10-11,14H2,1-3H3,(H,25,27)/t18-,19-,20+,24+/m0/s1. The summed E-state index contributed by atoms with van der Waals surface area (Å²) in [6.45, 7) is 4.56. The number of nitrogens with zero attached hydrogens (tertiary/aromatic N) is 1. The van der Waals surface area contributed by atoms with Crippen LogP contribution in [-0.4, -0.2) is 48.1 Å². The molecule has 0 aromatic heterocycles. The summed E-state index contributed by atoms with van der Waals surface area (Å²) in [5.74, 6) is -0.150. The van der Waals surface area contributed by atoms with Crippen molar-refractivity contribution >= 4 is 11.8 Å². The van der Waals surface area contributed by atoms with Gasteiger partial charge in [0.05, 0.1) is 37.1 Å². The van der Waals surface area contributed by atoms with Gasteiger partial charge in [-0.1, -0.05) is 37.1 Å².